The van der Waals surface area contributed by atoms with E-state index in [1.54, 1.807) is 12.1 Å². The average molecular weight is 433 g/mol. The third-order valence-electron chi connectivity index (χ3n) is 6.61. The van der Waals surface area contributed by atoms with E-state index in [0.29, 0.717) is 18.8 Å². The fraction of sp³-hybridized carbons (Fsp3) is 0.385. The molecule has 0 atom stereocenters. The fourth-order valence-corrected chi connectivity index (χ4v) is 4.85. The molecule has 0 bridgehead atoms. The number of amides is 1. The molecule has 0 unspecified atom stereocenters. The molecule has 3 heterocycles. The Labute approximate surface area is 188 Å². The number of aryl methyl sites for hydroxylation is 1. The lowest BCUT2D eigenvalue weighted by Gasteiger charge is -2.36. The van der Waals surface area contributed by atoms with Crippen molar-refractivity contribution in [2.24, 2.45) is 0 Å². The monoisotopic (exact) mass is 432 g/mol. The number of halogens is 1. The van der Waals surface area contributed by atoms with Crippen LogP contribution in [0.5, 0.6) is 0 Å². The Bertz CT molecular complexity index is 1110. The smallest absolute Gasteiger partial charge is 0.274 e. The number of imidazole rings is 1. The average Bonchev–Trinajstić information content (AvgIpc) is 3.00. The standard InChI is InChI=1S/C26H29FN4O/c1-19-6-5-7-22(18-19)29-14-16-30(17-15-29)26(32)24-23-8-3-2-4-13-31(23)25(28-24)20-9-11-21(27)12-10-20/h5-7,9-12,18H,2-4,8,13-17H2,1H3. The second-order valence-corrected chi connectivity index (χ2v) is 8.82. The third kappa shape index (κ3) is 4.01. The van der Waals surface area contributed by atoms with Gasteiger partial charge in [0.25, 0.3) is 5.91 Å². The van der Waals surface area contributed by atoms with Crippen LogP contribution in [0.15, 0.2) is 48.5 Å². The van der Waals surface area contributed by atoms with E-state index in [4.69, 9.17) is 4.98 Å². The van der Waals surface area contributed by atoms with E-state index in [9.17, 15) is 9.18 Å². The van der Waals surface area contributed by atoms with Gasteiger partial charge in [0.2, 0.25) is 0 Å². The third-order valence-corrected chi connectivity index (χ3v) is 6.61. The van der Waals surface area contributed by atoms with E-state index < -0.39 is 0 Å². The van der Waals surface area contributed by atoms with Crippen molar-refractivity contribution in [2.75, 3.05) is 31.1 Å². The normalized spacial score (nSPS) is 16.6. The summed E-state index contributed by atoms with van der Waals surface area (Å²) in [5.41, 5.74) is 4.93. The highest BCUT2D eigenvalue weighted by Crippen LogP contribution is 2.28. The number of hydrogen-bond donors (Lipinski definition) is 0. The maximum atomic E-state index is 13.6. The minimum Gasteiger partial charge on any atom is -0.368 e. The molecule has 1 saturated heterocycles. The number of piperazine rings is 1. The number of rotatable bonds is 3. The van der Waals surface area contributed by atoms with Gasteiger partial charge in [-0.05, 0) is 68.1 Å². The summed E-state index contributed by atoms with van der Waals surface area (Å²) < 4.78 is 15.7. The van der Waals surface area contributed by atoms with Crippen LogP contribution in [-0.4, -0.2) is 46.5 Å². The lowest BCUT2D eigenvalue weighted by Crippen LogP contribution is -2.49. The molecule has 1 amide bonds. The number of nitrogens with zero attached hydrogens (tertiary/aromatic N) is 4. The minimum absolute atomic E-state index is 0.0212. The van der Waals surface area contributed by atoms with Gasteiger partial charge in [-0.2, -0.15) is 0 Å². The summed E-state index contributed by atoms with van der Waals surface area (Å²) in [6.07, 6.45) is 4.14. The quantitative estimate of drug-likeness (QED) is 0.603. The topological polar surface area (TPSA) is 41.4 Å². The molecule has 5 rings (SSSR count). The second-order valence-electron chi connectivity index (χ2n) is 8.82. The van der Waals surface area contributed by atoms with Crippen molar-refractivity contribution >= 4 is 11.6 Å². The van der Waals surface area contributed by atoms with E-state index in [1.807, 2.05) is 4.90 Å². The first-order chi connectivity index (χ1) is 15.6. The Balaban J connectivity index is 1.39. The molecule has 2 aliphatic rings. The Morgan fingerprint density at radius 2 is 1.72 bits per heavy atom. The van der Waals surface area contributed by atoms with E-state index in [2.05, 4.69) is 40.7 Å². The van der Waals surface area contributed by atoms with Crippen LogP contribution in [0.2, 0.25) is 0 Å². The number of aromatic nitrogens is 2. The van der Waals surface area contributed by atoms with Gasteiger partial charge in [-0.1, -0.05) is 18.6 Å². The van der Waals surface area contributed by atoms with E-state index in [-0.39, 0.29) is 11.7 Å². The van der Waals surface area contributed by atoms with Crippen molar-refractivity contribution in [1.29, 1.82) is 0 Å². The molecule has 2 aliphatic heterocycles. The van der Waals surface area contributed by atoms with Gasteiger partial charge < -0.3 is 14.4 Å². The summed E-state index contributed by atoms with van der Waals surface area (Å²) in [6, 6.07) is 14.9. The summed E-state index contributed by atoms with van der Waals surface area (Å²) in [6.45, 7) is 5.96. The van der Waals surface area contributed by atoms with Gasteiger partial charge in [-0.15, -0.1) is 0 Å². The first-order valence-electron chi connectivity index (χ1n) is 11.6. The Morgan fingerprint density at radius 3 is 2.47 bits per heavy atom. The molecule has 32 heavy (non-hydrogen) atoms. The van der Waals surface area contributed by atoms with Gasteiger partial charge in [-0.3, -0.25) is 4.79 Å². The number of carbonyl (C=O) groups is 1. The van der Waals surface area contributed by atoms with Gasteiger partial charge in [0.15, 0.2) is 0 Å². The molecule has 1 aromatic heterocycles. The van der Waals surface area contributed by atoms with Crippen molar-refractivity contribution in [2.45, 2.75) is 39.2 Å². The van der Waals surface area contributed by atoms with Crippen LogP contribution in [0.3, 0.4) is 0 Å². The van der Waals surface area contributed by atoms with Gasteiger partial charge >= 0.3 is 0 Å². The van der Waals surface area contributed by atoms with Crippen LogP contribution >= 0.6 is 0 Å². The highest BCUT2D eigenvalue weighted by atomic mass is 19.1. The predicted octanol–water partition coefficient (Wildman–Crippen LogP) is 4.69. The number of anilines is 1. The summed E-state index contributed by atoms with van der Waals surface area (Å²) in [5, 5.41) is 0. The number of fused-ring (bicyclic) bond motifs is 1. The fourth-order valence-electron chi connectivity index (χ4n) is 4.85. The van der Waals surface area contributed by atoms with Crippen molar-refractivity contribution in [1.82, 2.24) is 14.5 Å². The largest absolute Gasteiger partial charge is 0.368 e. The number of hydrogen-bond acceptors (Lipinski definition) is 3. The molecule has 6 heteroatoms. The number of benzene rings is 2. The first kappa shape index (κ1) is 20.7. The molecule has 5 nitrogen and oxygen atoms in total. The summed E-state index contributed by atoms with van der Waals surface area (Å²) in [7, 11) is 0. The maximum absolute atomic E-state index is 13.6. The molecular weight excluding hydrogens is 403 g/mol. The lowest BCUT2D eigenvalue weighted by atomic mass is 10.1. The van der Waals surface area contributed by atoms with Crippen LogP contribution in [0.4, 0.5) is 10.1 Å². The zero-order valence-electron chi connectivity index (χ0n) is 18.6. The molecule has 0 N–H and O–H groups in total. The van der Waals surface area contributed by atoms with Crippen molar-refractivity contribution in [3.8, 4) is 11.4 Å². The van der Waals surface area contributed by atoms with Gasteiger partial charge in [-0.25, -0.2) is 9.37 Å². The SMILES string of the molecule is Cc1cccc(N2CCN(C(=O)c3nc(-c4ccc(F)cc4)n4c3CCCCC4)CC2)c1. The second kappa shape index (κ2) is 8.77. The number of carbonyl (C=O) groups excluding carboxylic acids is 1. The molecular formula is C26H29FN4O. The zero-order chi connectivity index (χ0) is 22.1. The molecule has 0 radical (unpaired) electrons. The molecule has 1 fully saturated rings. The highest BCUT2D eigenvalue weighted by Gasteiger charge is 2.29. The molecule has 0 aliphatic carbocycles. The highest BCUT2D eigenvalue weighted by molar-refractivity contribution is 5.94. The maximum Gasteiger partial charge on any atom is 0.274 e. The zero-order valence-corrected chi connectivity index (χ0v) is 18.6. The van der Waals surface area contributed by atoms with Crippen LogP contribution in [0.25, 0.3) is 11.4 Å². The van der Waals surface area contributed by atoms with E-state index in [0.717, 1.165) is 62.4 Å². The Morgan fingerprint density at radius 1 is 0.938 bits per heavy atom. The van der Waals surface area contributed by atoms with Crippen molar-refractivity contribution in [3.63, 3.8) is 0 Å². The molecule has 2 aromatic carbocycles. The molecule has 0 saturated carbocycles. The van der Waals surface area contributed by atoms with Crippen molar-refractivity contribution < 1.29 is 9.18 Å². The van der Waals surface area contributed by atoms with Gasteiger partial charge in [0.05, 0.1) is 5.69 Å². The van der Waals surface area contributed by atoms with E-state index >= 15 is 0 Å². The summed E-state index contributed by atoms with van der Waals surface area (Å²) >= 11 is 0. The molecule has 0 spiro atoms. The van der Waals surface area contributed by atoms with Crippen LogP contribution in [0, 0.1) is 12.7 Å². The molecule has 3 aromatic rings. The van der Waals surface area contributed by atoms with Crippen molar-refractivity contribution in [3.05, 3.63) is 71.3 Å². The lowest BCUT2D eigenvalue weighted by molar-refractivity contribution is 0.0740. The van der Waals surface area contributed by atoms with Crippen LogP contribution < -0.4 is 4.90 Å². The predicted molar refractivity (Wildman–Crippen MR) is 124 cm³/mol. The van der Waals surface area contributed by atoms with Crippen LogP contribution in [0.1, 0.15) is 41.0 Å². The van der Waals surface area contributed by atoms with Crippen LogP contribution in [-0.2, 0) is 13.0 Å². The molecule has 166 valence electrons. The Hall–Kier alpha value is -3.15. The Kier molecular flexibility index (Phi) is 5.68. The minimum atomic E-state index is -0.265. The summed E-state index contributed by atoms with van der Waals surface area (Å²) in [5.74, 6) is 0.538. The van der Waals surface area contributed by atoms with Gasteiger partial charge in [0, 0.05) is 44.0 Å². The first-order valence-corrected chi connectivity index (χ1v) is 11.6. The summed E-state index contributed by atoms with van der Waals surface area (Å²) in [4.78, 5) is 22.7. The van der Waals surface area contributed by atoms with Gasteiger partial charge in [0.1, 0.15) is 17.3 Å². The van der Waals surface area contributed by atoms with E-state index in [1.165, 1.54) is 23.4 Å².